The molecule has 3 nitrogen and oxygen atoms in total. The first kappa shape index (κ1) is 16.1. The average molecular weight is 372 g/mol. The lowest BCUT2D eigenvalue weighted by atomic mass is 10.2. The van der Waals surface area contributed by atoms with Crippen LogP contribution in [0.25, 0.3) is 0 Å². The van der Waals surface area contributed by atoms with Crippen molar-refractivity contribution in [1.82, 2.24) is 4.31 Å². The zero-order valence-electron chi connectivity index (χ0n) is 11.5. The summed E-state index contributed by atoms with van der Waals surface area (Å²) in [4.78, 5) is 0.226. The predicted molar refractivity (Wildman–Crippen MR) is 83.8 cm³/mol. The zero-order chi connectivity index (χ0) is 15.5. The molecule has 0 bridgehead atoms. The van der Waals surface area contributed by atoms with Crippen LogP contribution >= 0.6 is 15.9 Å². The second-order valence-electron chi connectivity index (χ2n) is 4.52. The highest BCUT2D eigenvalue weighted by Gasteiger charge is 2.23. The average Bonchev–Trinajstić information content (AvgIpc) is 2.45. The molecule has 0 spiro atoms. The van der Waals surface area contributed by atoms with Gasteiger partial charge in [-0.1, -0.05) is 35.0 Å². The number of halogens is 2. The minimum absolute atomic E-state index is 0.145. The molecule has 0 amide bonds. The van der Waals surface area contributed by atoms with E-state index in [4.69, 9.17) is 0 Å². The molecule has 0 unspecified atom stereocenters. The van der Waals surface area contributed by atoms with Crippen LogP contribution in [0.4, 0.5) is 4.39 Å². The SMILES string of the molecule is CCN(Cc1cccc(F)c1)S(=O)(=O)c1ccc(Br)cc1. The second kappa shape index (κ2) is 6.68. The maximum Gasteiger partial charge on any atom is 0.243 e. The van der Waals surface area contributed by atoms with Crippen molar-refractivity contribution in [2.24, 2.45) is 0 Å². The van der Waals surface area contributed by atoms with Crippen molar-refractivity contribution in [3.05, 3.63) is 64.4 Å². The van der Waals surface area contributed by atoms with E-state index in [0.29, 0.717) is 12.1 Å². The molecule has 2 aromatic carbocycles. The number of sulfonamides is 1. The van der Waals surface area contributed by atoms with Crippen LogP contribution in [-0.4, -0.2) is 19.3 Å². The maximum absolute atomic E-state index is 13.2. The molecule has 0 saturated carbocycles. The quantitative estimate of drug-likeness (QED) is 0.801. The Morgan fingerprint density at radius 3 is 2.38 bits per heavy atom. The summed E-state index contributed by atoms with van der Waals surface area (Å²) in [6, 6.07) is 12.4. The van der Waals surface area contributed by atoms with Crippen LogP contribution in [0.2, 0.25) is 0 Å². The molecule has 6 heteroatoms. The topological polar surface area (TPSA) is 37.4 Å². The Balaban J connectivity index is 2.29. The van der Waals surface area contributed by atoms with Gasteiger partial charge in [-0.25, -0.2) is 12.8 Å². The number of benzene rings is 2. The van der Waals surface area contributed by atoms with Gasteiger partial charge in [0.2, 0.25) is 10.0 Å². The molecule has 2 aromatic rings. The first-order valence-corrected chi connectivity index (χ1v) is 8.67. The van der Waals surface area contributed by atoms with Crippen molar-refractivity contribution < 1.29 is 12.8 Å². The highest BCUT2D eigenvalue weighted by atomic mass is 79.9. The smallest absolute Gasteiger partial charge is 0.207 e. The first-order chi connectivity index (χ1) is 9.93. The molecule has 0 fully saturated rings. The van der Waals surface area contributed by atoms with Crippen LogP contribution in [0.5, 0.6) is 0 Å². The summed E-state index contributed by atoms with van der Waals surface area (Å²) in [5.41, 5.74) is 0.623. The van der Waals surface area contributed by atoms with E-state index in [0.717, 1.165) is 4.47 Å². The predicted octanol–water partition coefficient (Wildman–Crippen LogP) is 3.80. The van der Waals surface area contributed by atoms with Gasteiger partial charge in [0.25, 0.3) is 0 Å². The van der Waals surface area contributed by atoms with Gasteiger partial charge in [0, 0.05) is 17.6 Å². The van der Waals surface area contributed by atoms with E-state index in [1.807, 2.05) is 0 Å². The largest absolute Gasteiger partial charge is 0.243 e. The molecule has 0 aliphatic heterocycles. The molecule has 0 heterocycles. The van der Waals surface area contributed by atoms with Crippen molar-refractivity contribution in [2.75, 3.05) is 6.54 Å². The van der Waals surface area contributed by atoms with Crippen molar-refractivity contribution in [2.45, 2.75) is 18.4 Å². The third kappa shape index (κ3) is 3.90. The number of nitrogens with zero attached hydrogens (tertiary/aromatic N) is 1. The van der Waals surface area contributed by atoms with Gasteiger partial charge < -0.3 is 0 Å². The molecular formula is C15H15BrFNO2S. The third-order valence-electron chi connectivity index (χ3n) is 3.05. The van der Waals surface area contributed by atoms with E-state index in [1.165, 1.54) is 16.4 Å². The van der Waals surface area contributed by atoms with Gasteiger partial charge in [-0.15, -0.1) is 0 Å². The highest BCUT2D eigenvalue weighted by molar-refractivity contribution is 9.10. The molecule has 0 radical (unpaired) electrons. The minimum Gasteiger partial charge on any atom is -0.207 e. The van der Waals surface area contributed by atoms with Crippen molar-refractivity contribution in [3.63, 3.8) is 0 Å². The van der Waals surface area contributed by atoms with Gasteiger partial charge in [-0.05, 0) is 42.0 Å². The Morgan fingerprint density at radius 2 is 1.81 bits per heavy atom. The van der Waals surface area contributed by atoms with Crippen LogP contribution in [0.3, 0.4) is 0 Å². The van der Waals surface area contributed by atoms with Crippen LogP contribution < -0.4 is 0 Å². The van der Waals surface area contributed by atoms with E-state index < -0.39 is 10.0 Å². The molecule has 0 N–H and O–H groups in total. The van der Waals surface area contributed by atoms with E-state index in [1.54, 1.807) is 43.3 Å². The van der Waals surface area contributed by atoms with Crippen molar-refractivity contribution in [3.8, 4) is 0 Å². The van der Waals surface area contributed by atoms with Gasteiger partial charge in [0.15, 0.2) is 0 Å². The third-order valence-corrected chi connectivity index (χ3v) is 5.52. The van der Waals surface area contributed by atoms with Gasteiger partial charge in [-0.2, -0.15) is 4.31 Å². The number of rotatable bonds is 5. The number of hydrogen-bond donors (Lipinski definition) is 0. The normalized spacial score (nSPS) is 11.8. The van der Waals surface area contributed by atoms with E-state index in [9.17, 15) is 12.8 Å². The molecule has 0 saturated heterocycles. The van der Waals surface area contributed by atoms with Crippen LogP contribution in [0.1, 0.15) is 12.5 Å². The lowest BCUT2D eigenvalue weighted by molar-refractivity contribution is 0.422. The summed E-state index contributed by atoms with van der Waals surface area (Å²) < 4.78 is 40.5. The Bertz CT molecular complexity index is 717. The molecule has 0 aromatic heterocycles. The molecular weight excluding hydrogens is 357 g/mol. The Morgan fingerprint density at radius 1 is 1.14 bits per heavy atom. The summed E-state index contributed by atoms with van der Waals surface area (Å²) in [7, 11) is -3.59. The zero-order valence-corrected chi connectivity index (χ0v) is 13.9. The second-order valence-corrected chi connectivity index (χ2v) is 7.37. The van der Waals surface area contributed by atoms with Crippen LogP contribution in [0, 0.1) is 5.82 Å². The van der Waals surface area contributed by atoms with Gasteiger partial charge in [0.1, 0.15) is 5.82 Å². The summed E-state index contributed by atoms with van der Waals surface area (Å²) >= 11 is 3.28. The molecule has 0 aliphatic rings. The van der Waals surface area contributed by atoms with Crippen LogP contribution in [-0.2, 0) is 16.6 Å². The lowest BCUT2D eigenvalue weighted by Crippen LogP contribution is -2.30. The lowest BCUT2D eigenvalue weighted by Gasteiger charge is -2.20. The Labute approximate surface area is 132 Å². The summed E-state index contributed by atoms with van der Waals surface area (Å²) in [5.74, 6) is -0.371. The molecule has 112 valence electrons. The fourth-order valence-corrected chi connectivity index (χ4v) is 3.66. The fraction of sp³-hybridized carbons (Fsp3) is 0.200. The van der Waals surface area contributed by atoms with E-state index in [2.05, 4.69) is 15.9 Å². The molecule has 0 atom stereocenters. The Kier molecular flexibility index (Phi) is 5.13. The van der Waals surface area contributed by atoms with Crippen molar-refractivity contribution >= 4 is 26.0 Å². The monoisotopic (exact) mass is 371 g/mol. The minimum atomic E-state index is -3.59. The summed E-state index contributed by atoms with van der Waals surface area (Å²) in [6.07, 6.45) is 0. The summed E-state index contributed by atoms with van der Waals surface area (Å²) in [5, 5.41) is 0. The highest BCUT2D eigenvalue weighted by Crippen LogP contribution is 2.20. The fourth-order valence-electron chi connectivity index (χ4n) is 1.96. The standard InChI is InChI=1S/C15H15BrFNO2S/c1-2-18(11-12-4-3-5-14(17)10-12)21(19,20)15-8-6-13(16)7-9-15/h3-10H,2,11H2,1H3. The van der Waals surface area contributed by atoms with Crippen molar-refractivity contribution in [1.29, 1.82) is 0 Å². The van der Waals surface area contributed by atoms with E-state index in [-0.39, 0.29) is 17.3 Å². The van der Waals surface area contributed by atoms with Gasteiger partial charge in [0.05, 0.1) is 4.90 Å². The van der Waals surface area contributed by atoms with E-state index >= 15 is 0 Å². The molecule has 2 rings (SSSR count). The first-order valence-electron chi connectivity index (χ1n) is 6.43. The number of hydrogen-bond acceptors (Lipinski definition) is 2. The maximum atomic E-state index is 13.2. The molecule has 0 aliphatic carbocycles. The summed E-state index contributed by atoms with van der Waals surface area (Å²) in [6.45, 7) is 2.22. The molecule has 21 heavy (non-hydrogen) atoms. The Hall–Kier alpha value is -1.24. The van der Waals surface area contributed by atoms with Crippen LogP contribution in [0.15, 0.2) is 57.9 Å². The van der Waals surface area contributed by atoms with Gasteiger partial charge >= 0.3 is 0 Å². The van der Waals surface area contributed by atoms with Gasteiger partial charge in [-0.3, -0.25) is 0 Å².